The largest absolute Gasteiger partial charge is 0.378 e. The van der Waals surface area contributed by atoms with Crippen LogP contribution in [0.15, 0.2) is 29.2 Å². The van der Waals surface area contributed by atoms with Gasteiger partial charge < -0.3 is 4.74 Å². The number of benzene rings is 1. The van der Waals surface area contributed by atoms with Crippen LogP contribution in [0, 0.1) is 10.1 Å². The molecule has 0 atom stereocenters. The van der Waals surface area contributed by atoms with Crippen LogP contribution in [0.4, 0.5) is 5.69 Å². The van der Waals surface area contributed by atoms with Crippen LogP contribution in [0.2, 0.25) is 0 Å². The fourth-order valence-corrected chi connectivity index (χ4v) is 2.54. The van der Waals surface area contributed by atoms with Gasteiger partial charge in [-0.3, -0.25) is 10.1 Å². The third kappa shape index (κ3) is 2.60. The Morgan fingerprint density at radius 2 is 1.88 bits per heavy atom. The molecule has 17 heavy (non-hydrogen) atoms. The van der Waals surface area contributed by atoms with Crippen LogP contribution in [-0.2, 0) is 14.8 Å². The van der Waals surface area contributed by atoms with E-state index in [1.807, 2.05) is 0 Å². The van der Waals surface area contributed by atoms with Gasteiger partial charge in [-0.05, 0) is 12.1 Å². The molecule has 8 heteroatoms. The number of sulfonamides is 1. The van der Waals surface area contributed by atoms with E-state index in [1.165, 1.54) is 12.1 Å². The lowest BCUT2D eigenvalue weighted by Gasteiger charge is -2.26. The summed E-state index contributed by atoms with van der Waals surface area (Å²) in [5.41, 5.74) is -0.143. The molecule has 1 aliphatic heterocycles. The van der Waals surface area contributed by atoms with Crippen molar-refractivity contribution in [2.24, 2.45) is 0 Å². The van der Waals surface area contributed by atoms with Gasteiger partial charge in [0, 0.05) is 12.1 Å². The minimum atomic E-state index is -3.62. The van der Waals surface area contributed by atoms with Crippen LogP contribution < -0.4 is 4.72 Å². The molecule has 0 amide bonds. The zero-order valence-corrected chi connectivity index (χ0v) is 9.51. The number of nitrogens with one attached hydrogen (secondary N) is 1. The normalized spacial score (nSPS) is 16.5. The lowest BCUT2D eigenvalue weighted by atomic mass is 10.3. The Bertz CT molecular complexity index is 521. The second-order valence-corrected chi connectivity index (χ2v) is 5.32. The summed E-state index contributed by atoms with van der Waals surface area (Å²) in [5.74, 6) is 0. The Morgan fingerprint density at radius 3 is 2.29 bits per heavy atom. The smallest absolute Gasteiger partial charge is 0.269 e. The third-order valence-electron chi connectivity index (χ3n) is 2.32. The SMILES string of the molecule is O=[N+]([O-])c1ccc(S(=O)(=O)NC2COC2)cc1. The van der Waals surface area contributed by atoms with Crippen molar-refractivity contribution in [2.75, 3.05) is 13.2 Å². The number of non-ortho nitro benzene ring substituents is 1. The van der Waals surface area contributed by atoms with Crippen molar-refractivity contribution < 1.29 is 18.1 Å². The van der Waals surface area contributed by atoms with Gasteiger partial charge in [-0.1, -0.05) is 0 Å². The maximum atomic E-state index is 11.8. The van der Waals surface area contributed by atoms with Gasteiger partial charge in [0.05, 0.1) is 29.1 Å². The average molecular weight is 258 g/mol. The molecular weight excluding hydrogens is 248 g/mol. The summed E-state index contributed by atoms with van der Waals surface area (Å²) < 4.78 is 30.8. The number of hydrogen-bond acceptors (Lipinski definition) is 5. The number of nitrogens with zero attached hydrogens (tertiary/aromatic N) is 1. The van der Waals surface area contributed by atoms with E-state index in [2.05, 4.69) is 4.72 Å². The van der Waals surface area contributed by atoms with Crippen molar-refractivity contribution in [3.63, 3.8) is 0 Å². The maximum absolute atomic E-state index is 11.8. The van der Waals surface area contributed by atoms with E-state index in [4.69, 9.17) is 4.74 Å². The Hall–Kier alpha value is -1.51. The first kappa shape index (κ1) is 12.0. The number of nitro benzene ring substituents is 1. The van der Waals surface area contributed by atoms with E-state index in [0.717, 1.165) is 12.1 Å². The maximum Gasteiger partial charge on any atom is 0.269 e. The molecular formula is C9H10N2O5S. The van der Waals surface area contributed by atoms with E-state index in [1.54, 1.807) is 0 Å². The second kappa shape index (κ2) is 4.40. The highest BCUT2D eigenvalue weighted by Crippen LogP contribution is 2.16. The molecule has 0 aliphatic carbocycles. The summed E-state index contributed by atoms with van der Waals surface area (Å²) in [4.78, 5) is 9.85. The molecule has 0 unspecified atom stereocenters. The van der Waals surface area contributed by atoms with Crippen LogP contribution in [0.25, 0.3) is 0 Å². The first-order valence-electron chi connectivity index (χ1n) is 4.83. The van der Waals surface area contributed by atoms with Crippen molar-refractivity contribution in [3.8, 4) is 0 Å². The molecule has 1 heterocycles. The topological polar surface area (TPSA) is 98.5 Å². The predicted octanol–water partition coefficient (Wildman–Crippen LogP) is 0.272. The summed E-state index contributed by atoms with van der Waals surface area (Å²) in [6.07, 6.45) is 0. The van der Waals surface area contributed by atoms with E-state index in [0.29, 0.717) is 13.2 Å². The molecule has 0 bridgehead atoms. The third-order valence-corrected chi connectivity index (χ3v) is 3.85. The van der Waals surface area contributed by atoms with Crippen LogP contribution in [0.5, 0.6) is 0 Å². The van der Waals surface area contributed by atoms with Crippen molar-refractivity contribution in [2.45, 2.75) is 10.9 Å². The highest BCUT2D eigenvalue weighted by atomic mass is 32.2. The second-order valence-electron chi connectivity index (χ2n) is 3.61. The van der Waals surface area contributed by atoms with E-state index >= 15 is 0 Å². The van der Waals surface area contributed by atoms with Crippen LogP contribution in [-0.4, -0.2) is 32.6 Å². The minimum absolute atomic E-state index is 0.00926. The van der Waals surface area contributed by atoms with Crippen molar-refractivity contribution >= 4 is 15.7 Å². The Labute approximate surface area is 97.6 Å². The monoisotopic (exact) mass is 258 g/mol. The Kier molecular flexibility index (Phi) is 3.09. The number of ether oxygens (including phenoxy) is 1. The van der Waals surface area contributed by atoms with E-state index in [-0.39, 0.29) is 16.6 Å². The molecule has 2 rings (SSSR count). The molecule has 0 aromatic heterocycles. The van der Waals surface area contributed by atoms with Gasteiger partial charge in [-0.25, -0.2) is 13.1 Å². The van der Waals surface area contributed by atoms with Crippen molar-refractivity contribution in [1.82, 2.24) is 4.72 Å². The molecule has 1 saturated heterocycles. The summed E-state index contributed by atoms with van der Waals surface area (Å²) in [7, 11) is -3.62. The van der Waals surface area contributed by atoms with E-state index in [9.17, 15) is 18.5 Å². The average Bonchev–Trinajstić information content (AvgIpc) is 2.24. The van der Waals surface area contributed by atoms with Crippen molar-refractivity contribution in [1.29, 1.82) is 0 Å². The molecule has 1 fully saturated rings. The van der Waals surface area contributed by atoms with E-state index < -0.39 is 14.9 Å². The predicted molar refractivity (Wildman–Crippen MR) is 58.0 cm³/mol. The highest BCUT2D eigenvalue weighted by molar-refractivity contribution is 7.89. The molecule has 92 valence electrons. The van der Waals surface area contributed by atoms with Gasteiger partial charge in [0.2, 0.25) is 10.0 Å². The lowest BCUT2D eigenvalue weighted by Crippen LogP contribution is -2.48. The van der Waals surface area contributed by atoms with Gasteiger partial charge >= 0.3 is 0 Å². The van der Waals surface area contributed by atoms with Crippen LogP contribution >= 0.6 is 0 Å². The summed E-state index contributed by atoms with van der Waals surface area (Å²) in [5, 5.41) is 10.4. The minimum Gasteiger partial charge on any atom is -0.378 e. The first-order chi connectivity index (χ1) is 7.99. The molecule has 0 spiro atoms. The molecule has 7 nitrogen and oxygen atoms in total. The number of rotatable bonds is 4. The molecule has 0 saturated carbocycles. The fraction of sp³-hybridized carbons (Fsp3) is 0.333. The van der Waals surface area contributed by atoms with Gasteiger partial charge in [0.1, 0.15) is 0 Å². The number of nitro groups is 1. The van der Waals surface area contributed by atoms with Crippen molar-refractivity contribution in [3.05, 3.63) is 34.4 Å². The molecule has 0 radical (unpaired) electrons. The lowest BCUT2D eigenvalue weighted by molar-refractivity contribution is -0.384. The zero-order valence-electron chi connectivity index (χ0n) is 8.70. The first-order valence-corrected chi connectivity index (χ1v) is 6.32. The summed E-state index contributed by atoms with van der Waals surface area (Å²) in [6.45, 7) is 0.707. The van der Waals surface area contributed by atoms with Gasteiger partial charge in [-0.2, -0.15) is 0 Å². The zero-order chi connectivity index (χ0) is 12.5. The Balaban J connectivity index is 2.17. The van der Waals surface area contributed by atoms with Crippen LogP contribution in [0.1, 0.15) is 0 Å². The number of hydrogen-bond donors (Lipinski definition) is 1. The standard InChI is InChI=1S/C9H10N2O5S/c12-11(13)8-1-3-9(4-2-8)17(14,15)10-7-5-16-6-7/h1-4,7,10H,5-6H2. The molecule has 1 aromatic rings. The summed E-state index contributed by atoms with van der Waals surface area (Å²) >= 11 is 0. The molecule has 1 N–H and O–H groups in total. The molecule has 1 aromatic carbocycles. The van der Waals surface area contributed by atoms with Gasteiger partial charge in [0.25, 0.3) is 5.69 Å². The highest BCUT2D eigenvalue weighted by Gasteiger charge is 2.25. The van der Waals surface area contributed by atoms with Crippen LogP contribution in [0.3, 0.4) is 0 Å². The fourth-order valence-electron chi connectivity index (χ4n) is 1.34. The Morgan fingerprint density at radius 1 is 1.29 bits per heavy atom. The molecule has 1 aliphatic rings. The van der Waals surface area contributed by atoms with Gasteiger partial charge in [-0.15, -0.1) is 0 Å². The summed E-state index contributed by atoms with van der Waals surface area (Å²) in [6, 6.07) is 4.52. The quantitative estimate of drug-likeness (QED) is 0.617. The van der Waals surface area contributed by atoms with Gasteiger partial charge in [0.15, 0.2) is 0 Å².